The predicted octanol–water partition coefficient (Wildman–Crippen LogP) is 3.44. The maximum absolute atomic E-state index is 12.0. The summed E-state index contributed by atoms with van der Waals surface area (Å²) < 4.78 is 35.9. The third kappa shape index (κ3) is 5.19. The van der Waals surface area contributed by atoms with Crippen LogP contribution in [0.1, 0.15) is 33.1 Å². The Morgan fingerprint density at radius 1 is 1.41 bits per heavy atom. The molecule has 1 unspecified atom stereocenters. The van der Waals surface area contributed by atoms with Crippen LogP contribution in [0.25, 0.3) is 0 Å². The van der Waals surface area contributed by atoms with Gasteiger partial charge >= 0.3 is 6.18 Å². The zero-order chi connectivity index (χ0) is 12.9. The highest BCUT2D eigenvalue weighted by molar-refractivity contribution is 8.14. The van der Waals surface area contributed by atoms with Crippen LogP contribution in [0.15, 0.2) is 4.99 Å². The van der Waals surface area contributed by atoms with Crippen molar-refractivity contribution in [1.29, 1.82) is 0 Å². The van der Waals surface area contributed by atoms with E-state index in [0.29, 0.717) is 16.3 Å². The van der Waals surface area contributed by atoms with Gasteiger partial charge in [-0.25, -0.2) is 0 Å². The molecule has 1 N–H and O–H groups in total. The molecule has 0 aromatic rings. The summed E-state index contributed by atoms with van der Waals surface area (Å²) in [5.41, 5.74) is 0. The van der Waals surface area contributed by atoms with Crippen LogP contribution in [0, 0.1) is 5.92 Å². The van der Waals surface area contributed by atoms with Gasteiger partial charge in [-0.1, -0.05) is 38.5 Å². The van der Waals surface area contributed by atoms with Crippen molar-refractivity contribution in [1.82, 2.24) is 5.32 Å². The third-order valence-corrected chi connectivity index (χ3v) is 4.27. The van der Waals surface area contributed by atoms with Gasteiger partial charge in [-0.15, -0.1) is 0 Å². The van der Waals surface area contributed by atoms with E-state index in [1.54, 1.807) is 11.8 Å². The lowest BCUT2D eigenvalue weighted by atomic mass is 9.99. The van der Waals surface area contributed by atoms with E-state index in [0.717, 1.165) is 19.4 Å². The summed E-state index contributed by atoms with van der Waals surface area (Å²) in [5, 5.41) is 3.87. The third-order valence-electron chi connectivity index (χ3n) is 2.94. The maximum Gasteiger partial charge on any atom is 0.390 e. The minimum Gasteiger partial charge on any atom is -0.365 e. The lowest BCUT2D eigenvalue weighted by Crippen LogP contribution is -2.26. The number of rotatable bonds is 5. The minimum atomic E-state index is -4.09. The molecule has 17 heavy (non-hydrogen) atoms. The van der Waals surface area contributed by atoms with Crippen LogP contribution < -0.4 is 5.32 Å². The largest absolute Gasteiger partial charge is 0.390 e. The Hall–Kier alpha value is -0.390. The molecule has 0 radical (unpaired) electrons. The Labute approximate surface area is 104 Å². The maximum atomic E-state index is 12.0. The molecule has 0 spiro atoms. The summed E-state index contributed by atoms with van der Waals surface area (Å²) in [6.45, 7) is 4.93. The average Bonchev–Trinajstić information content (AvgIpc) is 2.67. The highest BCUT2D eigenvalue weighted by Gasteiger charge is 2.28. The van der Waals surface area contributed by atoms with E-state index in [2.05, 4.69) is 24.2 Å². The molecular formula is C11H19F3N2S. The zero-order valence-electron chi connectivity index (χ0n) is 10.2. The van der Waals surface area contributed by atoms with E-state index in [-0.39, 0.29) is 6.54 Å². The van der Waals surface area contributed by atoms with Gasteiger partial charge in [-0.05, 0) is 5.92 Å². The second kappa shape index (κ2) is 6.52. The summed E-state index contributed by atoms with van der Waals surface area (Å²) >= 11 is 1.59. The van der Waals surface area contributed by atoms with E-state index in [1.165, 1.54) is 0 Å². The molecule has 6 heteroatoms. The molecule has 0 bridgehead atoms. The standard InChI is InChI=1S/C11H19F3N2S/c1-3-8(4-2)9-7-16-10(17-9)15-6-5-11(12,13)14/h8-9H,3-7H2,1-2H3,(H,15,16). The van der Waals surface area contributed by atoms with Crippen molar-refractivity contribution in [3.05, 3.63) is 0 Å². The number of aliphatic imine (C=N–C) groups is 1. The number of alkyl halides is 3. The van der Waals surface area contributed by atoms with Crippen LogP contribution in [0.2, 0.25) is 0 Å². The van der Waals surface area contributed by atoms with Crippen LogP contribution in [0.5, 0.6) is 0 Å². The fourth-order valence-corrected chi connectivity index (χ4v) is 3.21. The molecule has 1 aliphatic rings. The van der Waals surface area contributed by atoms with Crippen LogP contribution in [-0.2, 0) is 0 Å². The first-order chi connectivity index (χ1) is 7.96. The quantitative estimate of drug-likeness (QED) is 0.826. The molecule has 2 nitrogen and oxygen atoms in total. The molecule has 0 aromatic heterocycles. The van der Waals surface area contributed by atoms with Crippen LogP contribution in [0.4, 0.5) is 13.2 Å². The van der Waals surface area contributed by atoms with Crippen LogP contribution >= 0.6 is 11.8 Å². The molecule has 1 atom stereocenters. The van der Waals surface area contributed by atoms with E-state index in [1.807, 2.05) is 0 Å². The number of nitrogens with zero attached hydrogens (tertiary/aromatic N) is 1. The highest BCUT2D eigenvalue weighted by atomic mass is 32.2. The van der Waals surface area contributed by atoms with Crippen molar-refractivity contribution >= 4 is 16.9 Å². The van der Waals surface area contributed by atoms with Gasteiger partial charge in [-0.3, -0.25) is 4.99 Å². The fourth-order valence-electron chi connectivity index (χ4n) is 1.86. The molecule has 0 amide bonds. The summed E-state index contributed by atoms with van der Waals surface area (Å²) in [6, 6.07) is 0. The molecule has 100 valence electrons. The molecule has 0 saturated heterocycles. The van der Waals surface area contributed by atoms with Crippen molar-refractivity contribution in [2.24, 2.45) is 10.9 Å². The molecule has 0 aromatic carbocycles. The zero-order valence-corrected chi connectivity index (χ0v) is 11.0. The number of amidine groups is 1. The summed E-state index contributed by atoms with van der Waals surface area (Å²) in [7, 11) is 0. The van der Waals surface area contributed by atoms with E-state index in [9.17, 15) is 13.2 Å². The molecule has 1 rings (SSSR count). The summed E-state index contributed by atoms with van der Waals surface area (Å²) in [4.78, 5) is 4.25. The highest BCUT2D eigenvalue weighted by Crippen LogP contribution is 2.30. The molecule has 1 heterocycles. The minimum absolute atomic E-state index is 0.0784. The first kappa shape index (κ1) is 14.7. The SMILES string of the molecule is CCC(CC)C1CN=C(NCCC(F)(F)F)S1. The van der Waals surface area contributed by atoms with Gasteiger partial charge in [0.15, 0.2) is 5.17 Å². The van der Waals surface area contributed by atoms with Crippen molar-refractivity contribution in [3.63, 3.8) is 0 Å². The molecular weight excluding hydrogens is 249 g/mol. The lowest BCUT2D eigenvalue weighted by molar-refractivity contribution is -0.132. The van der Waals surface area contributed by atoms with Gasteiger partial charge in [0, 0.05) is 11.8 Å². The van der Waals surface area contributed by atoms with Gasteiger partial charge in [0.25, 0.3) is 0 Å². The molecule has 1 aliphatic heterocycles. The van der Waals surface area contributed by atoms with Gasteiger partial charge in [0.05, 0.1) is 13.0 Å². The summed E-state index contributed by atoms with van der Waals surface area (Å²) in [6.07, 6.45) is -2.70. The van der Waals surface area contributed by atoms with E-state index in [4.69, 9.17) is 0 Å². The van der Waals surface area contributed by atoms with Crippen molar-refractivity contribution in [3.8, 4) is 0 Å². The lowest BCUT2D eigenvalue weighted by Gasteiger charge is -2.18. The Balaban J connectivity index is 2.26. The normalized spacial score (nSPS) is 20.8. The van der Waals surface area contributed by atoms with Crippen LogP contribution in [-0.4, -0.2) is 29.7 Å². The number of thioether (sulfide) groups is 1. The molecule has 0 fully saturated rings. The Morgan fingerprint density at radius 3 is 2.59 bits per heavy atom. The predicted molar refractivity (Wildman–Crippen MR) is 66.4 cm³/mol. The Kier molecular flexibility index (Phi) is 5.62. The average molecular weight is 268 g/mol. The Morgan fingerprint density at radius 2 is 2.06 bits per heavy atom. The topological polar surface area (TPSA) is 24.4 Å². The molecule has 0 saturated carbocycles. The smallest absolute Gasteiger partial charge is 0.365 e. The number of nitrogens with one attached hydrogen (secondary N) is 1. The summed E-state index contributed by atoms with van der Waals surface area (Å²) in [5.74, 6) is 0.602. The van der Waals surface area contributed by atoms with Gasteiger partial charge in [0.1, 0.15) is 0 Å². The van der Waals surface area contributed by atoms with Crippen molar-refractivity contribution in [2.75, 3.05) is 13.1 Å². The van der Waals surface area contributed by atoms with E-state index < -0.39 is 12.6 Å². The molecule has 0 aliphatic carbocycles. The second-order valence-corrected chi connectivity index (χ2v) is 5.40. The first-order valence-electron chi connectivity index (χ1n) is 5.98. The Bertz CT molecular complexity index is 262. The van der Waals surface area contributed by atoms with Crippen molar-refractivity contribution in [2.45, 2.75) is 44.5 Å². The van der Waals surface area contributed by atoms with Gasteiger partial charge in [-0.2, -0.15) is 13.2 Å². The van der Waals surface area contributed by atoms with Gasteiger partial charge in [0.2, 0.25) is 0 Å². The van der Waals surface area contributed by atoms with Crippen molar-refractivity contribution < 1.29 is 13.2 Å². The van der Waals surface area contributed by atoms with E-state index >= 15 is 0 Å². The monoisotopic (exact) mass is 268 g/mol. The number of hydrogen-bond donors (Lipinski definition) is 1. The van der Waals surface area contributed by atoms with Gasteiger partial charge < -0.3 is 5.32 Å². The number of halogens is 3. The van der Waals surface area contributed by atoms with Crippen LogP contribution in [0.3, 0.4) is 0 Å². The second-order valence-electron chi connectivity index (χ2n) is 4.17. The first-order valence-corrected chi connectivity index (χ1v) is 6.86. The fraction of sp³-hybridized carbons (Fsp3) is 0.909. The number of hydrogen-bond acceptors (Lipinski definition) is 3.